The van der Waals surface area contributed by atoms with Crippen LogP contribution in [0.15, 0.2) is 12.1 Å². The van der Waals surface area contributed by atoms with Crippen LogP contribution in [0, 0.1) is 11.6 Å². The normalized spacial score (nSPS) is 11.2. The molecule has 0 aliphatic rings. The first kappa shape index (κ1) is 14.7. The molecule has 0 unspecified atom stereocenters. The first-order valence-corrected chi connectivity index (χ1v) is 5.24. The number of halogens is 4. The van der Waals surface area contributed by atoms with Crippen molar-refractivity contribution in [3.05, 3.63) is 29.3 Å². The standard InChI is InChI=1S/C11H13F4NO2/c12-8-3-7(4-9(13)11(8)17)5-16-1-2-18-6-10(14)15/h3-4,10,16-17H,1-2,5-6H2. The van der Waals surface area contributed by atoms with Gasteiger partial charge in [0.2, 0.25) is 0 Å². The number of phenolic OH excluding ortho intramolecular Hbond substituents is 1. The highest BCUT2D eigenvalue weighted by Gasteiger charge is 2.09. The number of phenols is 1. The Labute approximate surface area is 101 Å². The average Bonchev–Trinajstić information content (AvgIpc) is 2.30. The summed E-state index contributed by atoms with van der Waals surface area (Å²) >= 11 is 0. The van der Waals surface area contributed by atoms with Crippen molar-refractivity contribution < 1.29 is 27.4 Å². The first-order valence-electron chi connectivity index (χ1n) is 5.24. The molecule has 2 N–H and O–H groups in total. The lowest BCUT2D eigenvalue weighted by Gasteiger charge is -2.07. The third-order valence-corrected chi connectivity index (χ3v) is 2.07. The van der Waals surface area contributed by atoms with Gasteiger partial charge < -0.3 is 15.2 Å². The summed E-state index contributed by atoms with van der Waals surface area (Å²) in [5.74, 6) is -3.10. The van der Waals surface area contributed by atoms with Crippen molar-refractivity contribution in [2.45, 2.75) is 13.0 Å². The summed E-state index contributed by atoms with van der Waals surface area (Å²) in [7, 11) is 0. The molecule has 0 fully saturated rings. The Morgan fingerprint density at radius 1 is 1.22 bits per heavy atom. The average molecular weight is 267 g/mol. The summed E-state index contributed by atoms with van der Waals surface area (Å²) in [5, 5.41) is 11.6. The van der Waals surface area contributed by atoms with E-state index >= 15 is 0 Å². The van der Waals surface area contributed by atoms with Crippen molar-refractivity contribution in [1.82, 2.24) is 5.32 Å². The van der Waals surface area contributed by atoms with Crippen LogP contribution in [0.4, 0.5) is 17.6 Å². The zero-order valence-corrected chi connectivity index (χ0v) is 9.43. The van der Waals surface area contributed by atoms with E-state index in [0.29, 0.717) is 5.56 Å². The van der Waals surface area contributed by atoms with Crippen molar-refractivity contribution in [3.8, 4) is 5.75 Å². The van der Waals surface area contributed by atoms with Crippen LogP contribution in [0.5, 0.6) is 5.75 Å². The highest BCUT2D eigenvalue weighted by molar-refractivity contribution is 5.29. The molecule has 0 aromatic heterocycles. The molecule has 0 radical (unpaired) electrons. The molecule has 0 heterocycles. The Morgan fingerprint density at radius 3 is 2.39 bits per heavy atom. The lowest BCUT2D eigenvalue weighted by Crippen LogP contribution is -2.20. The Hall–Kier alpha value is -1.34. The van der Waals surface area contributed by atoms with Crippen LogP contribution >= 0.6 is 0 Å². The highest BCUT2D eigenvalue weighted by atomic mass is 19.3. The summed E-state index contributed by atoms with van der Waals surface area (Å²) in [6.07, 6.45) is -2.51. The summed E-state index contributed by atoms with van der Waals surface area (Å²) in [6.45, 7) is -0.138. The number of nitrogens with one attached hydrogen (secondary N) is 1. The number of hydrogen-bond acceptors (Lipinski definition) is 3. The number of ether oxygens (including phenoxy) is 1. The topological polar surface area (TPSA) is 41.5 Å². The first-order chi connectivity index (χ1) is 8.50. The monoisotopic (exact) mass is 267 g/mol. The Morgan fingerprint density at radius 2 is 1.83 bits per heavy atom. The predicted octanol–water partition coefficient (Wildman–Crippen LogP) is 2.04. The molecular formula is C11H13F4NO2. The van der Waals surface area contributed by atoms with Gasteiger partial charge in [-0.2, -0.15) is 0 Å². The molecule has 0 saturated heterocycles. The Balaban J connectivity index is 2.27. The molecule has 0 aliphatic heterocycles. The molecule has 1 aromatic rings. The third-order valence-electron chi connectivity index (χ3n) is 2.07. The largest absolute Gasteiger partial charge is 0.503 e. The number of benzene rings is 1. The fourth-order valence-electron chi connectivity index (χ4n) is 1.27. The van der Waals surface area contributed by atoms with Gasteiger partial charge in [0.25, 0.3) is 6.43 Å². The quantitative estimate of drug-likeness (QED) is 0.587. The van der Waals surface area contributed by atoms with Crippen LogP contribution in [-0.2, 0) is 11.3 Å². The zero-order valence-electron chi connectivity index (χ0n) is 9.43. The van der Waals surface area contributed by atoms with Crippen LogP contribution in [0.3, 0.4) is 0 Å². The van der Waals surface area contributed by atoms with Gasteiger partial charge in [-0.05, 0) is 17.7 Å². The van der Waals surface area contributed by atoms with E-state index in [9.17, 15) is 17.6 Å². The van der Waals surface area contributed by atoms with E-state index in [4.69, 9.17) is 5.11 Å². The van der Waals surface area contributed by atoms with Gasteiger partial charge in [0.05, 0.1) is 6.61 Å². The Bertz CT molecular complexity index is 364. The van der Waals surface area contributed by atoms with Gasteiger partial charge in [-0.3, -0.25) is 0 Å². The maximum absolute atomic E-state index is 12.9. The van der Waals surface area contributed by atoms with Crippen molar-refractivity contribution >= 4 is 0 Å². The van der Waals surface area contributed by atoms with Crippen LogP contribution < -0.4 is 5.32 Å². The highest BCUT2D eigenvalue weighted by Crippen LogP contribution is 2.21. The minimum atomic E-state index is -2.51. The summed E-state index contributed by atoms with van der Waals surface area (Å²) in [4.78, 5) is 0. The maximum atomic E-state index is 12.9. The van der Waals surface area contributed by atoms with E-state index in [1.807, 2.05) is 0 Å². The van der Waals surface area contributed by atoms with Gasteiger partial charge in [0.15, 0.2) is 17.4 Å². The second-order valence-electron chi connectivity index (χ2n) is 3.55. The van der Waals surface area contributed by atoms with Crippen molar-refractivity contribution in [2.24, 2.45) is 0 Å². The van der Waals surface area contributed by atoms with Crippen molar-refractivity contribution in [3.63, 3.8) is 0 Å². The molecule has 7 heteroatoms. The lowest BCUT2D eigenvalue weighted by atomic mass is 10.2. The number of aromatic hydroxyl groups is 1. The van der Waals surface area contributed by atoms with Gasteiger partial charge in [-0.15, -0.1) is 0 Å². The SMILES string of the molecule is Oc1c(F)cc(CNCCOCC(F)F)cc1F. The van der Waals surface area contributed by atoms with Gasteiger partial charge >= 0.3 is 0 Å². The molecule has 0 amide bonds. The molecular weight excluding hydrogens is 254 g/mol. The molecule has 1 aromatic carbocycles. The van der Waals surface area contributed by atoms with Crippen molar-refractivity contribution in [1.29, 1.82) is 0 Å². The lowest BCUT2D eigenvalue weighted by molar-refractivity contribution is 0.0187. The second-order valence-corrected chi connectivity index (χ2v) is 3.55. The van der Waals surface area contributed by atoms with Crippen LogP contribution in [0.1, 0.15) is 5.56 Å². The van der Waals surface area contributed by atoms with E-state index < -0.39 is 30.4 Å². The number of rotatable bonds is 7. The van der Waals surface area contributed by atoms with Gasteiger partial charge in [-0.25, -0.2) is 17.6 Å². The van der Waals surface area contributed by atoms with Crippen LogP contribution in [0.25, 0.3) is 0 Å². The molecule has 3 nitrogen and oxygen atoms in total. The summed E-state index contributed by atoms with van der Waals surface area (Å²) in [6, 6.07) is 1.98. The second kappa shape index (κ2) is 7.17. The summed E-state index contributed by atoms with van der Waals surface area (Å²) in [5.41, 5.74) is 0.302. The van der Waals surface area contributed by atoms with E-state index in [1.165, 1.54) is 0 Å². The zero-order chi connectivity index (χ0) is 13.5. The van der Waals surface area contributed by atoms with E-state index in [0.717, 1.165) is 12.1 Å². The van der Waals surface area contributed by atoms with Crippen LogP contribution in [0.2, 0.25) is 0 Å². The fraction of sp³-hybridized carbons (Fsp3) is 0.455. The van der Waals surface area contributed by atoms with Gasteiger partial charge in [0.1, 0.15) is 6.61 Å². The van der Waals surface area contributed by atoms with E-state index in [1.54, 1.807) is 0 Å². The maximum Gasteiger partial charge on any atom is 0.261 e. The molecule has 102 valence electrons. The molecule has 0 bridgehead atoms. The van der Waals surface area contributed by atoms with Crippen molar-refractivity contribution in [2.75, 3.05) is 19.8 Å². The Kier molecular flexibility index (Phi) is 5.87. The third kappa shape index (κ3) is 4.89. The molecule has 0 atom stereocenters. The number of alkyl halides is 2. The number of hydrogen-bond donors (Lipinski definition) is 2. The van der Waals surface area contributed by atoms with E-state index in [-0.39, 0.29) is 19.7 Å². The van der Waals surface area contributed by atoms with Gasteiger partial charge in [0, 0.05) is 13.1 Å². The fourth-order valence-corrected chi connectivity index (χ4v) is 1.27. The molecule has 0 saturated carbocycles. The molecule has 18 heavy (non-hydrogen) atoms. The molecule has 1 rings (SSSR count). The van der Waals surface area contributed by atoms with Gasteiger partial charge in [-0.1, -0.05) is 0 Å². The van der Waals surface area contributed by atoms with Crippen LogP contribution in [-0.4, -0.2) is 31.3 Å². The molecule has 0 spiro atoms. The summed E-state index contributed by atoms with van der Waals surface area (Å²) < 4.78 is 53.8. The minimum Gasteiger partial charge on any atom is -0.503 e. The minimum absolute atomic E-state index is 0.0768. The van der Waals surface area contributed by atoms with E-state index in [2.05, 4.69) is 10.1 Å². The smallest absolute Gasteiger partial charge is 0.261 e. The predicted molar refractivity (Wildman–Crippen MR) is 56.6 cm³/mol. The molecule has 0 aliphatic carbocycles.